The molecule has 3 heteroatoms. The molecule has 0 heterocycles. The molecule has 66 valence electrons. The van der Waals surface area contributed by atoms with E-state index < -0.39 is 5.82 Å². The predicted molar refractivity (Wildman–Crippen MR) is 48.2 cm³/mol. The molecule has 2 N–H and O–H groups in total. The Labute approximate surface area is 76.1 Å². The van der Waals surface area contributed by atoms with Gasteiger partial charge in [0.25, 0.3) is 0 Å². The number of benzene rings is 1. The maximum absolute atomic E-state index is 12.8. The number of halogens is 1. The highest BCUT2D eigenvalue weighted by Crippen LogP contribution is 2.15. The largest absolute Gasteiger partial charge is 0.321 e. The summed E-state index contributed by atoms with van der Waals surface area (Å²) < 4.78 is 12.8. The minimum Gasteiger partial charge on any atom is -0.321 e. The van der Waals surface area contributed by atoms with Crippen LogP contribution in [-0.4, -0.2) is 0 Å². The second kappa shape index (κ2) is 3.83. The molecular weight excluding hydrogens is 167 g/mol. The van der Waals surface area contributed by atoms with E-state index in [9.17, 15) is 4.39 Å². The summed E-state index contributed by atoms with van der Waals surface area (Å²) in [5.74, 6) is -0.525. The van der Waals surface area contributed by atoms with Crippen LogP contribution in [-0.2, 0) is 0 Å². The first kappa shape index (κ1) is 9.43. The smallest absolute Gasteiger partial charge is 0.140 e. The molecule has 0 spiro atoms. The van der Waals surface area contributed by atoms with Gasteiger partial charge >= 0.3 is 0 Å². The summed E-state index contributed by atoms with van der Waals surface area (Å²) in [4.78, 5) is 0. The lowest BCUT2D eigenvalue weighted by Gasteiger charge is -2.06. The van der Waals surface area contributed by atoms with E-state index in [0.29, 0.717) is 5.56 Å². The molecule has 0 saturated carbocycles. The van der Waals surface area contributed by atoms with Crippen LogP contribution in [0.15, 0.2) is 30.9 Å². The van der Waals surface area contributed by atoms with Crippen LogP contribution in [0, 0.1) is 17.1 Å². The first-order chi connectivity index (χ1) is 6.19. The van der Waals surface area contributed by atoms with E-state index >= 15 is 0 Å². The molecule has 0 aromatic heterocycles. The average molecular weight is 176 g/mol. The number of nitriles is 1. The van der Waals surface area contributed by atoms with Crippen LogP contribution in [0.5, 0.6) is 0 Å². The van der Waals surface area contributed by atoms with Crippen LogP contribution >= 0.6 is 0 Å². The first-order valence-electron chi connectivity index (χ1n) is 3.76. The third kappa shape index (κ3) is 1.92. The van der Waals surface area contributed by atoms with Crippen molar-refractivity contribution < 1.29 is 4.39 Å². The molecule has 0 saturated heterocycles. The van der Waals surface area contributed by atoms with Crippen molar-refractivity contribution >= 4 is 0 Å². The van der Waals surface area contributed by atoms with E-state index in [1.54, 1.807) is 12.1 Å². The maximum Gasteiger partial charge on any atom is 0.140 e. The van der Waals surface area contributed by atoms with Crippen molar-refractivity contribution in [1.29, 1.82) is 5.26 Å². The fraction of sp³-hybridized carbons (Fsp3) is 0.100. The molecule has 0 amide bonds. The normalized spacial score (nSPS) is 11.8. The lowest BCUT2D eigenvalue weighted by Crippen LogP contribution is -2.06. The van der Waals surface area contributed by atoms with Crippen molar-refractivity contribution in [3.8, 4) is 6.07 Å². The van der Waals surface area contributed by atoms with E-state index in [2.05, 4.69) is 6.58 Å². The summed E-state index contributed by atoms with van der Waals surface area (Å²) in [5.41, 5.74) is 6.32. The summed E-state index contributed by atoms with van der Waals surface area (Å²) in [5, 5.41) is 8.54. The molecule has 1 aromatic carbocycles. The van der Waals surface area contributed by atoms with Crippen molar-refractivity contribution in [2.75, 3.05) is 0 Å². The van der Waals surface area contributed by atoms with Crippen molar-refractivity contribution in [1.82, 2.24) is 0 Å². The van der Waals surface area contributed by atoms with Crippen LogP contribution in [0.1, 0.15) is 17.2 Å². The highest BCUT2D eigenvalue weighted by atomic mass is 19.1. The quantitative estimate of drug-likeness (QED) is 0.699. The summed E-state index contributed by atoms with van der Waals surface area (Å²) >= 11 is 0. The Morgan fingerprint density at radius 1 is 1.62 bits per heavy atom. The number of nitrogens with two attached hydrogens (primary N) is 1. The zero-order valence-corrected chi connectivity index (χ0v) is 7.00. The Kier molecular flexibility index (Phi) is 2.78. The molecular formula is C10H9FN2. The summed E-state index contributed by atoms with van der Waals surface area (Å²) in [6.07, 6.45) is 1.54. The third-order valence-corrected chi connectivity index (χ3v) is 1.75. The van der Waals surface area contributed by atoms with Gasteiger partial charge in [0.15, 0.2) is 0 Å². The molecule has 0 aliphatic carbocycles. The van der Waals surface area contributed by atoms with Gasteiger partial charge in [0.1, 0.15) is 11.9 Å². The molecule has 0 radical (unpaired) electrons. The van der Waals surface area contributed by atoms with Crippen LogP contribution in [0.25, 0.3) is 0 Å². The van der Waals surface area contributed by atoms with E-state index in [1.165, 1.54) is 18.2 Å². The van der Waals surface area contributed by atoms with Crippen LogP contribution in [0.2, 0.25) is 0 Å². The van der Waals surface area contributed by atoms with E-state index in [1.807, 2.05) is 0 Å². The second-order valence-electron chi connectivity index (χ2n) is 2.61. The zero-order chi connectivity index (χ0) is 9.84. The van der Waals surface area contributed by atoms with Crippen molar-refractivity contribution in [3.63, 3.8) is 0 Å². The molecule has 1 aromatic rings. The van der Waals surface area contributed by atoms with Crippen molar-refractivity contribution in [2.24, 2.45) is 5.73 Å². The van der Waals surface area contributed by atoms with Crippen molar-refractivity contribution in [3.05, 3.63) is 47.8 Å². The summed E-state index contributed by atoms with van der Waals surface area (Å²) in [6.45, 7) is 3.51. The van der Waals surface area contributed by atoms with Crippen molar-refractivity contribution in [2.45, 2.75) is 6.04 Å². The molecule has 2 nitrogen and oxygen atoms in total. The third-order valence-electron chi connectivity index (χ3n) is 1.75. The molecule has 0 unspecified atom stereocenters. The van der Waals surface area contributed by atoms with Gasteiger partial charge in [0, 0.05) is 6.04 Å². The van der Waals surface area contributed by atoms with E-state index in [-0.39, 0.29) is 11.6 Å². The summed E-state index contributed by atoms with van der Waals surface area (Å²) in [7, 11) is 0. The second-order valence-corrected chi connectivity index (χ2v) is 2.61. The van der Waals surface area contributed by atoms with Crippen LogP contribution in [0.4, 0.5) is 4.39 Å². The Morgan fingerprint density at radius 3 is 2.85 bits per heavy atom. The van der Waals surface area contributed by atoms with E-state index in [0.717, 1.165) is 0 Å². The fourth-order valence-corrected chi connectivity index (χ4v) is 0.972. The minimum atomic E-state index is -0.525. The van der Waals surface area contributed by atoms with Gasteiger partial charge < -0.3 is 5.73 Å². The van der Waals surface area contributed by atoms with Crippen LogP contribution < -0.4 is 5.73 Å². The Balaban J connectivity index is 3.15. The van der Waals surface area contributed by atoms with Gasteiger partial charge in [-0.2, -0.15) is 5.26 Å². The van der Waals surface area contributed by atoms with E-state index in [4.69, 9.17) is 11.0 Å². The highest BCUT2D eigenvalue weighted by Gasteiger charge is 2.05. The molecule has 1 rings (SSSR count). The fourth-order valence-electron chi connectivity index (χ4n) is 0.972. The zero-order valence-electron chi connectivity index (χ0n) is 7.00. The van der Waals surface area contributed by atoms with Gasteiger partial charge in [-0.3, -0.25) is 0 Å². The first-order valence-corrected chi connectivity index (χ1v) is 3.76. The molecule has 0 fully saturated rings. The van der Waals surface area contributed by atoms with Gasteiger partial charge in [0.05, 0.1) is 5.56 Å². The number of hydrogen-bond donors (Lipinski definition) is 1. The molecule has 1 atom stereocenters. The highest BCUT2D eigenvalue weighted by molar-refractivity contribution is 5.36. The topological polar surface area (TPSA) is 49.8 Å². The summed E-state index contributed by atoms with van der Waals surface area (Å²) in [6, 6.07) is 5.61. The standard InChI is InChI=1S/C10H9FN2/c1-2-10(13)7-3-4-9(11)8(5-7)6-12/h2-5,10H,1,13H2/t10-/m0/s1. The molecule has 0 bridgehead atoms. The molecule has 0 aliphatic rings. The number of rotatable bonds is 2. The SMILES string of the molecule is C=C[C@H](N)c1ccc(F)c(C#N)c1. The van der Waals surface area contributed by atoms with Gasteiger partial charge in [-0.05, 0) is 17.7 Å². The maximum atomic E-state index is 12.8. The number of nitrogens with zero attached hydrogens (tertiary/aromatic N) is 1. The lowest BCUT2D eigenvalue weighted by atomic mass is 10.0. The lowest BCUT2D eigenvalue weighted by molar-refractivity contribution is 0.622. The van der Waals surface area contributed by atoms with Gasteiger partial charge in [0.2, 0.25) is 0 Å². The average Bonchev–Trinajstić information content (AvgIpc) is 2.17. The molecule has 0 aliphatic heterocycles. The van der Waals surface area contributed by atoms with Gasteiger partial charge in [-0.15, -0.1) is 6.58 Å². The van der Waals surface area contributed by atoms with Crippen LogP contribution in [0.3, 0.4) is 0 Å². The minimum absolute atomic E-state index is 0.00907. The molecule has 13 heavy (non-hydrogen) atoms. The Morgan fingerprint density at radius 2 is 2.31 bits per heavy atom. The Bertz CT molecular complexity index is 366. The Hall–Kier alpha value is -1.66. The predicted octanol–water partition coefficient (Wildman–Crippen LogP) is 1.88. The number of hydrogen-bond acceptors (Lipinski definition) is 2. The monoisotopic (exact) mass is 176 g/mol. The van der Waals surface area contributed by atoms with Gasteiger partial charge in [-0.1, -0.05) is 12.1 Å². The van der Waals surface area contributed by atoms with Gasteiger partial charge in [-0.25, -0.2) is 4.39 Å².